The molecule has 1 fully saturated rings. The average molecular weight is 222 g/mol. The fraction of sp³-hybridized carbons (Fsp3) is 0.500. The third-order valence-electron chi connectivity index (χ3n) is 3.15. The van der Waals surface area contributed by atoms with E-state index in [9.17, 15) is 5.11 Å². The van der Waals surface area contributed by atoms with Gasteiger partial charge in [-0.25, -0.2) is 0 Å². The number of aliphatic hydroxyl groups is 1. The van der Waals surface area contributed by atoms with Gasteiger partial charge in [0.05, 0.1) is 12.7 Å². The third-order valence-corrected chi connectivity index (χ3v) is 3.15. The molecule has 0 bridgehead atoms. The fourth-order valence-electron chi connectivity index (χ4n) is 2.17. The number of aliphatic hydroxyl groups excluding tert-OH is 1. The first-order valence-electron chi connectivity index (χ1n) is 5.50. The van der Waals surface area contributed by atoms with Gasteiger partial charge in [-0.2, -0.15) is 0 Å². The van der Waals surface area contributed by atoms with E-state index >= 15 is 0 Å². The van der Waals surface area contributed by atoms with Gasteiger partial charge in [0.25, 0.3) is 0 Å². The molecule has 4 heteroatoms. The molecule has 0 saturated carbocycles. The lowest BCUT2D eigenvalue weighted by atomic mass is 9.95. The zero-order valence-corrected chi connectivity index (χ0v) is 8.89. The van der Waals surface area contributed by atoms with Crippen LogP contribution >= 0.6 is 0 Å². The Hall–Kier alpha value is -1.26. The highest BCUT2D eigenvalue weighted by Crippen LogP contribution is 2.37. The first kappa shape index (κ1) is 9.93. The Balaban J connectivity index is 1.83. The Morgan fingerprint density at radius 3 is 2.94 bits per heavy atom. The van der Waals surface area contributed by atoms with Gasteiger partial charge in [0.1, 0.15) is 0 Å². The van der Waals surface area contributed by atoms with Crippen molar-refractivity contribution in [3.05, 3.63) is 23.8 Å². The van der Waals surface area contributed by atoms with Crippen molar-refractivity contribution in [1.82, 2.24) is 0 Å². The van der Waals surface area contributed by atoms with E-state index in [0.717, 1.165) is 30.1 Å². The molecule has 2 aliphatic rings. The maximum absolute atomic E-state index is 10.2. The summed E-state index contributed by atoms with van der Waals surface area (Å²) in [5.74, 6) is 1.66. The van der Waals surface area contributed by atoms with Crippen LogP contribution in [0.3, 0.4) is 0 Å². The molecule has 0 amide bonds. The zero-order chi connectivity index (χ0) is 11.0. The van der Waals surface area contributed by atoms with Crippen LogP contribution in [0.4, 0.5) is 0 Å². The number of ether oxygens (including phenoxy) is 3. The Bertz CT molecular complexity index is 385. The summed E-state index contributed by atoms with van der Waals surface area (Å²) in [4.78, 5) is 0. The monoisotopic (exact) mass is 222 g/mol. The van der Waals surface area contributed by atoms with E-state index in [4.69, 9.17) is 14.2 Å². The second-order valence-electron chi connectivity index (χ2n) is 4.18. The Morgan fingerprint density at radius 2 is 2.12 bits per heavy atom. The summed E-state index contributed by atoms with van der Waals surface area (Å²) < 4.78 is 15.8. The highest BCUT2D eigenvalue weighted by atomic mass is 16.7. The normalized spacial score (nSPS) is 24.7. The number of fused-ring (bicyclic) bond motifs is 1. The van der Waals surface area contributed by atoms with Gasteiger partial charge in [0.15, 0.2) is 11.5 Å². The molecule has 0 aromatic heterocycles. The molecule has 0 radical (unpaired) electrons. The van der Waals surface area contributed by atoms with Gasteiger partial charge >= 0.3 is 0 Å². The molecular formula is C12H14O4. The van der Waals surface area contributed by atoms with Crippen LogP contribution in [0.5, 0.6) is 11.5 Å². The molecule has 3 rings (SSSR count). The molecule has 2 atom stereocenters. The third kappa shape index (κ3) is 1.64. The Labute approximate surface area is 93.7 Å². The topological polar surface area (TPSA) is 47.9 Å². The minimum absolute atomic E-state index is 0.195. The minimum atomic E-state index is -0.475. The summed E-state index contributed by atoms with van der Waals surface area (Å²) >= 11 is 0. The average Bonchev–Trinajstić information content (AvgIpc) is 2.98. The van der Waals surface area contributed by atoms with E-state index in [1.165, 1.54) is 0 Å². The maximum atomic E-state index is 10.2. The molecule has 1 aromatic carbocycles. The van der Waals surface area contributed by atoms with Gasteiger partial charge in [0.2, 0.25) is 6.79 Å². The first-order valence-corrected chi connectivity index (χ1v) is 5.50. The lowest BCUT2D eigenvalue weighted by molar-refractivity contribution is 0.0916. The summed E-state index contributed by atoms with van der Waals surface area (Å²) in [5, 5.41) is 10.2. The fourth-order valence-corrected chi connectivity index (χ4v) is 2.17. The van der Waals surface area contributed by atoms with E-state index < -0.39 is 6.10 Å². The first-order chi connectivity index (χ1) is 7.84. The largest absolute Gasteiger partial charge is 0.454 e. The lowest BCUT2D eigenvalue weighted by Gasteiger charge is -2.16. The summed E-state index contributed by atoms with van der Waals surface area (Å²) in [6, 6.07) is 5.58. The van der Waals surface area contributed by atoms with Crippen molar-refractivity contribution in [3.63, 3.8) is 0 Å². The molecule has 0 aliphatic carbocycles. The zero-order valence-electron chi connectivity index (χ0n) is 8.89. The van der Waals surface area contributed by atoms with Crippen LogP contribution in [-0.4, -0.2) is 25.1 Å². The van der Waals surface area contributed by atoms with Gasteiger partial charge < -0.3 is 19.3 Å². The van der Waals surface area contributed by atoms with Crippen molar-refractivity contribution in [3.8, 4) is 11.5 Å². The number of hydrogen-bond acceptors (Lipinski definition) is 4. The van der Waals surface area contributed by atoms with Crippen molar-refractivity contribution in [2.75, 3.05) is 20.0 Å². The van der Waals surface area contributed by atoms with Crippen molar-refractivity contribution in [2.45, 2.75) is 12.5 Å². The maximum Gasteiger partial charge on any atom is 0.231 e. The van der Waals surface area contributed by atoms with Crippen LogP contribution in [0.25, 0.3) is 0 Å². The minimum Gasteiger partial charge on any atom is -0.454 e. The molecule has 1 N–H and O–H groups in total. The smallest absolute Gasteiger partial charge is 0.231 e. The molecule has 16 heavy (non-hydrogen) atoms. The van der Waals surface area contributed by atoms with Crippen molar-refractivity contribution in [1.29, 1.82) is 0 Å². The number of hydrogen-bond donors (Lipinski definition) is 1. The Kier molecular flexibility index (Phi) is 2.46. The summed E-state index contributed by atoms with van der Waals surface area (Å²) in [5.41, 5.74) is 0.875. The van der Waals surface area contributed by atoms with Gasteiger partial charge in [-0.1, -0.05) is 6.07 Å². The predicted molar refractivity (Wildman–Crippen MR) is 56.5 cm³/mol. The highest BCUT2D eigenvalue weighted by Gasteiger charge is 2.26. The van der Waals surface area contributed by atoms with Gasteiger partial charge in [0, 0.05) is 12.5 Å². The quantitative estimate of drug-likeness (QED) is 0.823. The molecule has 2 aliphatic heterocycles. The van der Waals surface area contributed by atoms with Gasteiger partial charge in [-0.15, -0.1) is 0 Å². The van der Waals surface area contributed by atoms with E-state index in [0.29, 0.717) is 6.61 Å². The van der Waals surface area contributed by atoms with E-state index in [2.05, 4.69) is 0 Å². The van der Waals surface area contributed by atoms with Crippen LogP contribution in [0.1, 0.15) is 18.1 Å². The van der Waals surface area contributed by atoms with E-state index in [1.807, 2.05) is 18.2 Å². The van der Waals surface area contributed by atoms with Crippen molar-refractivity contribution < 1.29 is 19.3 Å². The standard InChI is InChI=1S/C12H14O4/c13-12(9-3-4-14-6-9)8-1-2-10-11(5-8)16-7-15-10/h1-2,5,9,12-13H,3-4,6-7H2. The highest BCUT2D eigenvalue weighted by molar-refractivity contribution is 5.45. The number of rotatable bonds is 2. The molecule has 1 aromatic rings. The molecular weight excluding hydrogens is 208 g/mol. The molecule has 4 nitrogen and oxygen atoms in total. The summed E-state index contributed by atoms with van der Waals surface area (Å²) in [6.07, 6.45) is 0.437. The number of benzene rings is 1. The van der Waals surface area contributed by atoms with Gasteiger partial charge in [-0.05, 0) is 24.1 Å². The van der Waals surface area contributed by atoms with Crippen LogP contribution in [-0.2, 0) is 4.74 Å². The predicted octanol–water partition coefficient (Wildman–Crippen LogP) is 1.49. The molecule has 2 unspecified atom stereocenters. The molecule has 86 valence electrons. The molecule has 1 saturated heterocycles. The van der Waals surface area contributed by atoms with Crippen LogP contribution in [0.15, 0.2) is 18.2 Å². The van der Waals surface area contributed by atoms with Crippen molar-refractivity contribution >= 4 is 0 Å². The second-order valence-corrected chi connectivity index (χ2v) is 4.18. The van der Waals surface area contributed by atoms with E-state index in [-0.39, 0.29) is 12.7 Å². The summed E-state index contributed by atoms with van der Waals surface area (Å²) in [6.45, 7) is 1.64. The summed E-state index contributed by atoms with van der Waals surface area (Å²) in [7, 11) is 0. The second kappa shape index (κ2) is 3.96. The lowest BCUT2D eigenvalue weighted by Crippen LogP contribution is -2.12. The molecule has 0 spiro atoms. The Morgan fingerprint density at radius 1 is 1.25 bits per heavy atom. The van der Waals surface area contributed by atoms with Gasteiger partial charge in [-0.3, -0.25) is 0 Å². The van der Waals surface area contributed by atoms with Crippen LogP contribution in [0.2, 0.25) is 0 Å². The SMILES string of the molecule is OC(c1ccc2c(c1)OCO2)C1CCOC1. The van der Waals surface area contributed by atoms with Crippen molar-refractivity contribution in [2.24, 2.45) is 5.92 Å². The molecule has 2 heterocycles. The van der Waals surface area contributed by atoms with Crippen LogP contribution in [0, 0.1) is 5.92 Å². The van der Waals surface area contributed by atoms with Crippen LogP contribution < -0.4 is 9.47 Å². The van der Waals surface area contributed by atoms with E-state index in [1.54, 1.807) is 0 Å².